The van der Waals surface area contributed by atoms with Crippen LogP contribution in [0.25, 0.3) is 0 Å². The van der Waals surface area contributed by atoms with E-state index < -0.39 is 0 Å². The van der Waals surface area contributed by atoms with Crippen LogP contribution in [0.4, 0.5) is 0 Å². The Morgan fingerprint density at radius 3 is 3.00 bits per heavy atom. The molecular weight excluding hydrogens is 146 g/mol. The molecule has 2 heterocycles. The zero-order chi connectivity index (χ0) is 7.03. The summed E-state index contributed by atoms with van der Waals surface area (Å²) in [6.45, 7) is 0.985. The number of hydrogen-bond acceptors (Lipinski definition) is 3. The molecule has 0 bridgehead atoms. The lowest BCUT2D eigenvalue weighted by Gasteiger charge is -2.43. The van der Waals surface area contributed by atoms with Crippen LogP contribution in [-0.4, -0.2) is 28.0 Å². The van der Waals surface area contributed by atoms with Crippen LogP contribution in [0.15, 0.2) is 4.99 Å². The minimum Gasteiger partial charge on any atom is -0.382 e. The molecular formula is C7H11NOS. The summed E-state index contributed by atoms with van der Waals surface area (Å²) in [5.74, 6) is 0. The number of hydrogen-bond donors (Lipinski definition) is 1. The molecule has 1 fully saturated rings. The molecule has 56 valence electrons. The number of aliphatic hydroxyl groups is 1. The maximum Gasteiger partial charge on any atom is 0.102 e. The van der Waals surface area contributed by atoms with Gasteiger partial charge in [-0.15, -0.1) is 11.8 Å². The van der Waals surface area contributed by atoms with Crippen LogP contribution in [0, 0.1) is 0 Å². The van der Waals surface area contributed by atoms with Gasteiger partial charge in [0.25, 0.3) is 0 Å². The highest BCUT2D eigenvalue weighted by atomic mass is 32.2. The van der Waals surface area contributed by atoms with Crippen molar-refractivity contribution in [2.75, 3.05) is 6.54 Å². The molecule has 0 saturated carbocycles. The van der Waals surface area contributed by atoms with Gasteiger partial charge in [-0.1, -0.05) is 0 Å². The second-order valence-electron chi connectivity index (χ2n) is 2.98. The predicted octanol–water partition coefficient (Wildman–Crippen LogP) is 1.05. The summed E-state index contributed by atoms with van der Waals surface area (Å²) < 4.78 is 0.248. The van der Waals surface area contributed by atoms with Crippen molar-refractivity contribution < 1.29 is 5.11 Å². The summed E-state index contributed by atoms with van der Waals surface area (Å²) in [6, 6.07) is 0. The first-order valence-electron chi connectivity index (χ1n) is 3.68. The molecule has 1 N–H and O–H groups in total. The minimum absolute atomic E-state index is 0.121. The molecule has 2 unspecified atom stereocenters. The molecule has 0 aromatic rings. The van der Waals surface area contributed by atoms with Crippen LogP contribution < -0.4 is 0 Å². The van der Waals surface area contributed by atoms with Crippen LogP contribution in [0.2, 0.25) is 0 Å². The van der Waals surface area contributed by atoms with Gasteiger partial charge in [0.1, 0.15) is 5.44 Å². The molecule has 1 saturated heterocycles. The first-order chi connectivity index (χ1) is 4.81. The van der Waals surface area contributed by atoms with E-state index in [-0.39, 0.29) is 10.2 Å². The van der Waals surface area contributed by atoms with Gasteiger partial charge in [0.15, 0.2) is 0 Å². The highest BCUT2D eigenvalue weighted by Gasteiger charge is 2.43. The molecule has 0 radical (unpaired) electrons. The maximum absolute atomic E-state index is 9.07. The van der Waals surface area contributed by atoms with Crippen molar-refractivity contribution in [2.24, 2.45) is 4.99 Å². The fourth-order valence-electron chi connectivity index (χ4n) is 1.57. The second-order valence-corrected chi connectivity index (χ2v) is 4.57. The van der Waals surface area contributed by atoms with Gasteiger partial charge in [-0.2, -0.15) is 0 Å². The molecule has 10 heavy (non-hydrogen) atoms. The number of aliphatic imine (C=N–C) groups is 1. The van der Waals surface area contributed by atoms with Gasteiger partial charge in [-0.05, 0) is 12.8 Å². The molecule has 0 amide bonds. The lowest BCUT2D eigenvalue weighted by Crippen LogP contribution is -2.43. The van der Waals surface area contributed by atoms with Crippen LogP contribution in [-0.2, 0) is 0 Å². The van der Waals surface area contributed by atoms with Crippen molar-refractivity contribution in [1.29, 1.82) is 0 Å². The standard InChI is InChI=1S/C7H11NOS/c9-6-4-7(10-6)2-1-3-8-5-7/h5-6,9H,1-4H2. The maximum atomic E-state index is 9.07. The fraction of sp³-hybridized carbons (Fsp3) is 0.857. The molecule has 2 aliphatic rings. The van der Waals surface area contributed by atoms with Crippen LogP contribution in [0.5, 0.6) is 0 Å². The number of nitrogens with zero attached hydrogens (tertiary/aromatic N) is 1. The normalized spacial score (nSPS) is 45.5. The Kier molecular flexibility index (Phi) is 1.49. The third-order valence-corrected chi connectivity index (χ3v) is 3.49. The average Bonchev–Trinajstić information content (AvgIpc) is 1.87. The van der Waals surface area contributed by atoms with Crippen LogP contribution >= 0.6 is 11.8 Å². The van der Waals surface area contributed by atoms with E-state index in [2.05, 4.69) is 4.99 Å². The largest absolute Gasteiger partial charge is 0.382 e. The van der Waals surface area contributed by atoms with Gasteiger partial charge in [0.05, 0.1) is 4.75 Å². The molecule has 0 aromatic carbocycles. The van der Waals surface area contributed by atoms with E-state index in [1.54, 1.807) is 11.8 Å². The molecule has 0 aliphatic carbocycles. The molecule has 0 aromatic heterocycles. The van der Waals surface area contributed by atoms with Crippen molar-refractivity contribution in [1.82, 2.24) is 0 Å². The quantitative estimate of drug-likeness (QED) is 0.570. The summed E-state index contributed by atoms with van der Waals surface area (Å²) in [5.41, 5.74) is -0.121. The highest BCUT2D eigenvalue weighted by Crippen LogP contribution is 2.48. The van der Waals surface area contributed by atoms with Crippen molar-refractivity contribution in [2.45, 2.75) is 29.4 Å². The lowest BCUT2D eigenvalue weighted by molar-refractivity contribution is 0.218. The number of thioether (sulfide) groups is 1. The Bertz CT molecular complexity index is 163. The van der Waals surface area contributed by atoms with Gasteiger partial charge in [-0.25, -0.2) is 0 Å². The van der Waals surface area contributed by atoms with Crippen molar-refractivity contribution in [3.05, 3.63) is 0 Å². The van der Waals surface area contributed by atoms with Gasteiger partial charge < -0.3 is 5.11 Å². The van der Waals surface area contributed by atoms with E-state index in [0.29, 0.717) is 0 Å². The first kappa shape index (κ1) is 6.68. The summed E-state index contributed by atoms with van der Waals surface area (Å²) in [6.07, 6.45) is 5.35. The molecule has 3 heteroatoms. The zero-order valence-electron chi connectivity index (χ0n) is 5.79. The topological polar surface area (TPSA) is 32.6 Å². The summed E-state index contributed by atoms with van der Waals surface area (Å²) in [7, 11) is 0. The van der Waals surface area contributed by atoms with Gasteiger partial charge in [0.2, 0.25) is 0 Å². The Balaban J connectivity index is 2.03. The summed E-state index contributed by atoms with van der Waals surface area (Å²) >= 11 is 1.66. The van der Waals surface area contributed by atoms with E-state index in [4.69, 9.17) is 5.11 Å². The third kappa shape index (κ3) is 0.974. The van der Waals surface area contributed by atoms with E-state index in [1.807, 2.05) is 6.21 Å². The lowest BCUT2D eigenvalue weighted by atomic mass is 9.96. The Labute approximate surface area is 64.7 Å². The monoisotopic (exact) mass is 157 g/mol. The summed E-state index contributed by atoms with van der Waals surface area (Å²) in [4.78, 5) is 4.23. The second kappa shape index (κ2) is 2.24. The van der Waals surface area contributed by atoms with Gasteiger partial charge in [-0.3, -0.25) is 4.99 Å². The molecule has 2 rings (SSSR count). The minimum atomic E-state index is -0.121. The fourth-order valence-corrected chi connectivity index (χ4v) is 2.84. The van der Waals surface area contributed by atoms with Crippen molar-refractivity contribution >= 4 is 18.0 Å². The van der Waals surface area contributed by atoms with Crippen molar-refractivity contribution in [3.63, 3.8) is 0 Å². The molecule has 1 spiro atoms. The van der Waals surface area contributed by atoms with E-state index in [1.165, 1.54) is 12.8 Å². The molecule has 2 nitrogen and oxygen atoms in total. The van der Waals surface area contributed by atoms with Crippen LogP contribution in [0.3, 0.4) is 0 Å². The van der Waals surface area contributed by atoms with E-state index in [0.717, 1.165) is 13.0 Å². The number of aliphatic hydroxyl groups excluding tert-OH is 1. The van der Waals surface area contributed by atoms with E-state index in [9.17, 15) is 0 Å². The predicted molar refractivity (Wildman–Crippen MR) is 43.5 cm³/mol. The van der Waals surface area contributed by atoms with Gasteiger partial charge >= 0.3 is 0 Å². The SMILES string of the molecule is OC1CC2(C=NCCC2)S1. The van der Waals surface area contributed by atoms with Gasteiger partial charge in [0, 0.05) is 19.2 Å². The van der Waals surface area contributed by atoms with Crippen LogP contribution in [0.1, 0.15) is 19.3 Å². The summed E-state index contributed by atoms with van der Waals surface area (Å²) in [5, 5.41) is 9.07. The number of rotatable bonds is 0. The average molecular weight is 157 g/mol. The van der Waals surface area contributed by atoms with Crippen molar-refractivity contribution in [3.8, 4) is 0 Å². The third-order valence-electron chi connectivity index (χ3n) is 2.10. The molecule has 2 aliphatic heterocycles. The zero-order valence-corrected chi connectivity index (χ0v) is 6.60. The smallest absolute Gasteiger partial charge is 0.102 e. The highest BCUT2D eigenvalue weighted by molar-refractivity contribution is 8.03. The molecule has 2 atom stereocenters. The Morgan fingerprint density at radius 1 is 1.70 bits per heavy atom. The van der Waals surface area contributed by atoms with E-state index >= 15 is 0 Å². The Morgan fingerprint density at radius 2 is 2.50 bits per heavy atom. The Hall–Kier alpha value is -0.0200. The first-order valence-corrected chi connectivity index (χ1v) is 4.56.